The van der Waals surface area contributed by atoms with Crippen LogP contribution in [0.15, 0.2) is 18.2 Å². The molecule has 0 saturated heterocycles. The Balaban J connectivity index is 2.87. The average molecular weight is 281 g/mol. The third-order valence-electron chi connectivity index (χ3n) is 2.86. The highest BCUT2D eigenvalue weighted by Crippen LogP contribution is 2.30. The molecule has 20 heavy (non-hydrogen) atoms. The summed E-state index contributed by atoms with van der Waals surface area (Å²) < 4.78 is 10.2. The number of carbonyl (C=O) groups excluding carboxylic acids is 1. The molecular formula is C14H19NO5. The van der Waals surface area contributed by atoms with Crippen LogP contribution >= 0.6 is 0 Å². The van der Waals surface area contributed by atoms with Crippen molar-refractivity contribution in [3.05, 3.63) is 18.2 Å². The van der Waals surface area contributed by atoms with Crippen LogP contribution < -0.4 is 14.8 Å². The van der Waals surface area contributed by atoms with Crippen molar-refractivity contribution in [2.75, 3.05) is 19.5 Å². The van der Waals surface area contributed by atoms with Crippen LogP contribution in [0.3, 0.4) is 0 Å². The number of aliphatic carboxylic acids is 1. The van der Waals surface area contributed by atoms with E-state index in [1.807, 2.05) is 0 Å². The van der Waals surface area contributed by atoms with Gasteiger partial charge >= 0.3 is 5.97 Å². The molecule has 0 unspecified atom stereocenters. The summed E-state index contributed by atoms with van der Waals surface area (Å²) in [5, 5.41) is 11.7. The Bertz CT molecular complexity index is 510. The number of carboxylic acid groups (broad SMARTS) is 1. The van der Waals surface area contributed by atoms with Gasteiger partial charge in [-0.15, -0.1) is 0 Å². The van der Waals surface area contributed by atoms with Gasteiger partial charge in [-0.2, -0.15) is 0 Å². The molecule has 0 aliphatic rings. The summed E-state index contributed by atoms with van der Waals surface area (Å²) in [7, 11) is 3.00. The minimum Gasteiger partial charge on any atom is -0.497 e. The molecule has 6 heteroatoms. The smallest absolute Gasteiger partial charge is 0.309 e. The van der Waals surface area contributed by atoms with Gasteiger partial charge in [0.1, 0.15) is 11.5 Å². The highest BCUT2D eigenvalue weighted by atomic mass is 16.5. The summed E-state index contributed by atoms with van der Waals surface area (Å²) in [6, 6.07) is 4.98. The fourth-order valence-electron chi connectivity index (χ4n) is 1.58. The zero-order valence-electron chi connectivity index (χ0n) is 12.0. The first-order valence-corrected chi connectivity index (χ1v) is 6.05. The molecule has 0 bridgehead atoms. The van der Waals surface area contributed by atoms with Gasteiger partial charge in [0.15, 0.2) is 0 Å². The summed E-state index contributed by atoms with van der Waals surface area (Å²) in [5.74, 6) is -0.375. The molecule has 0 aromatic heterocycles. The summed E-state index contributed by atoms with van der Waals surface area (Å²) >= 11 is 0. The fourth-order valence-corrected chi connectivity index (χ4v) is 1.58. The molecule has 0 spiro atoms. The zero-order valence-corrected chi connectivity index (χ0v) is 12.0. The SMILES string of the molecule is COc1ccc(OC)c(NC(=O)CC(C)(C)C(=O)O)c1. The van der Waals surface area contributed by atoms with Gasteiger partial charge in [-0.25, -0.2) is 0 Å². The van der Waals surface area contributed by atoms with Gasteiger partial charge in [0.2, 0.25) is 5.91 Å². The van der Waals surface area contributed by atoms with Crippen molar-refractivity contribution in [3.8, 4) is 11.5 Å². The number of carboxylic acids is 1. The maximum atomic E-state index is 11.9. The van der Waals surface area contributed by atoms with E-state index in [0.29, 0.717) is 17.2 Å². The second kappa shape index (κ2) is 6.27. The molecule has 1 aromatic carbocycles. The molecule has 2 N–H and O–H groups in total. The van der Waals surface area contributed by atoms with Crippen LogP contribution in [0, 0.1) is 5.41 Å². The number of rotatable bonds is 6. The van der Waals surface area contributed by atoms with Crippen LogP contribution in [-0.4, -0.2) is 31.2 Å². The van der Waals surface area contributed by atoms with Crippen molar-refractivity contribution in [3.63, 3.8) is 0 Å². The van der Waals surface area contributed by atoms with Crippen molar-refractivity contribution < 1.29 is 24.2 Å². The van der Waals surface area contributed by atoms with Crippen LogP contribution in [0.2, 0.25) is 0 Å². The predicted octanol–water partition coefficient (Wildman–Crippen LogP) is 2.14. The molecule has 1 aromatic rings. The van der Waals surface area contributed by atoms with E-state index in [-0.39, 0.29) is 6.42 Å². The van der Waals surface area contributed by atoms with Crippen molar-refractivity contribution >= 4 is 17.6 Å². The van der Waals surface area contributed by atoms with Gasteiger partial charge < -0.3 is 19.9 Å². The molecule has 0 atom stereocenters. The number of anilines is 1. The number of nitrogens with one attached hydrogen (secondary N) is 1. The van der Waals surface area contributed by atoms with Crippen molar-refractivity contribution in [2.45, 2.75) is 20.3 Å². The van der Waals surface area contributed by atoms with Gasteiger partial charge in [-0.3, -0.25) is 9.59 Å². The molecule has 0 heterocycles. The van der Waals surface area contributed by atoms with E-state index in [1.54, 1.807) is 18.2 Å². The molecule has 6 nitrogen and oxygen atoms in total. The zero-order chi connectivity index (χ0) is 15.3. The number of ether oxygens (including phenoxy) is 2. The second-order valence-electron chi connectivity index (χ2n) is 4.98. The Kier molecular flexibility index (Phi) is 4.96. The molecule has 1 amide bonds. The summed E-state index contributed by atoms with van der Waals surface area (Å²) in [4.78, 5) is 22.9. The Labute approximate surface area is 117 Å². The second-order valence-corrected chi connectivity index (χ2v) is 4.98. The Morgan fingerprint density at radius 2 is 1.90 bits per heavy atom. The molecule has 0 saturated carbocycles. The standard InChI is InChI=1S/C14H19NO5/c1-14(2,13(17)18)8-12(16)15-10-7-9(19-3)5-6-11(10)20-4/h5-7H,8H2,1-4H3,(H,15,16)(H,17,18). The maximum Gasteiger partial charge on any atom is 0.309 e. The van der Waals surface area contributed by atoms with E-state index in [2.05, 4.69) is 5.32 Å². The number of methoxy groups -OCH3 is 2. The number of hydrogen-bond acceptors (Lipinski definition) is 4. The molecule has 0 aliphatic heterocycles. The molecule has 1 rings (SSSR count). The lowest BCUT2D eigenvalue weighted by molar-refractivity contribution is -0.148. The number of amides is 1. The van der Waals surface area contributed by atoms with E-state index in [1.165, 1.54) is 28.1 Å². The molecular weight excluding hydrogens is 262 g/mol. The lowest BCUT2D eigenvalue weighted by atomic mass is 9.89. The summed E-state index contributed by atoms with van der Waals surface area (Å²) in [5.41, 5.74) is -0.686. The monoisotopic (exact) mass is 281 g/mol. The first-order valence-electron chi connectivity index (χ1n) is 6.05. The minimum absolute atomic E-state index is 0.136. The third kappa shape index (κ3) is 3.88. The third-order valence-corrected chi connectivity index (χ3v) is 2.86. The minimum atomic E-state index is -1.13. The van der Waals surface area contributed by atoms with Crippen LogP contribution in [-0.2, 0) is 9.59 Å². The molecule has 110 valence electrons. The highest BCUT2D eigenvalue weighted by molar-refractivity contribution is 5.95. The Morgan fingerprint density at radius 3 is 2.40 bits per heavy atom. The van der Waals surface area contributed by atoms with Gasteiger partial charge in [0, 0.05) is 12.5 Å². The van der Waals surface area contributed by atoms with E-state index in [0.717, 1.165) is 0 Å². The quantitative estimate of drug-likeness (QED) is 0.834. The lowest BCUT2D eigenvalue weighted by Crippen LogP contribution is -2.29. The number of hydrogen-bond donors (Lipinski definition) is 2. The molecule has 0 radical (unpaired) electrons. The first-order chi connectivity index (χ1) is 9.30. The number of benzene rings is 1. The Hall–Kier alpha value is -2.24. The van der Waals surface area contributed by atoms with Crippen LogP contribution in [0.5, 0.6) is 11.5 Å². The van der Waals surface area contributed by atoms with E-state index in [4.69, 9.17) is 14.6 Å². The van der Waals surface area contributed by atoms with Gasteiger partial charge in [-0.05, 0) is 26.0 Å². The predicted molar refractivity (Wildman–Crippen MR) is 74.2 cm³/mol. The topological polar surface area (TPSA) is 84.9 Å². The molecule has 0 aliphatic carbocycles. The van der Waals surface area contributed by atoms with Gasteiger partial charge in [0.25, 0.3) is 0 Å². The van der Waals surface area contributed by atoms with Crippen LogP contribution in [0.4, 0.5) is 5.69 Å². The van der Waals surface area contributed by atoms with Crippen molar-refractivity contribution in [2.24, 2.45) is 5.41 Å². The van der Waals surface area contributed by atoms with Gasteiger partial charge in [0.05, 0.1) is 25.3 Å². The Morgan fingerprint density at radius 1 is 1.25 bits per heavy atom. The van der Waals surface area contributed by atoms with Crippen LogP contribution in [0.25, 0.3) is 0 Å². The summed E-state index contributed by atoms with van der Waals surface area (Å²) in [6.45, 7) is 3.00. The van der Waals surface area contributed by atoms with Gasteiger partial charge in [-0.1, -0.05) is 0 Å². The first kappa shape index (κ1) is 15.8. The van der Waals surface area contributed by atoms with Crippen molar-refractivity contribution in [1.29, 1.82) is 0 Å². The lowest BCUT2D eigenvalue weighted by Gasteiger charge is -2.19. The normalized spacial score (nSPS) is 10.8. The average Bonchev–Trinajstić information content (AvgIpc) is 2.37. The maximum absolute atomic E-state index is 11.9. The number of carbonyl (C=O) groups is 2. The summed E-state index contributed by atoms with van der Waals surface area (Å²) in [6.07, 6.45) is -0.136. The fraction of sp³-hybridized carbons (Fsp3) is 0.429. The van der Waals surface area contributed by atoms with E-state index < -0.39 is 17.3 Å². The van der Waals surface area contributed by atoms with E-state index >= 15 is 0 Å². The largest absolute Gasteiger partial charge is 0.497 e. The molecule has 0 fully saturated rings. The highest BCUT2D eigenvalue weighted by Gasteiger charge is 2.30. The van der Waals surface area contributed by atoms with E-state index in [9.17, 15) is 9.59 Å². The van der Waals surface area contributed by atoms with Crippen LogP contribution in [0.1, 0.15) is 20.3 Å². The van der Waals surface area contributed by atoms with Crippen molar-refractivity contribution in [1.82, 2.24) is 0 Å².